The monoisotopic (exact) mass is 146 g/mol. The SMILES string of the molecule is CC.CCCCCC(C)C.[HH]. The Kier molecular flexibility index (Phi) is 14.9. The van der Waals surface area contributed by atoms with Gasteiger partial charge in [-0.2, -0.15) is 0 Å². The fraction of sp³-hybridized carbons (Fsp3) is 1.00. The largest absolute Gasteiger partial charge is 0.0683 e. The molecule has 0 N–H and O–H groups in total. The molecule has 0 aromatic heterocycles. The van der Waals surface area contributed by atoms with E-state index < -0.39 is 0 Å². The maximum atomic E-state index is 2.29. The summed E-state index contributed by atoms with van der Waals surface area (Å²) in [6, 6.07) is 0. The van der Waals surface area contributed by atoms with Crippen LogP contribution in [0.2, 0.25) is 0 Å². The molecule has 0 aromatic carbocycles. The van der Waals surface area contributed by atoms with Gasteiger partial charge in [0.2, 0.25) is 0 Å². The summed E-state index contributed by atoms with van der Waals surface area (Å²) in [4.78, 5) is 0. The quantitative estimate of drug-likeness (QED) is 0.512. The van der Waals surface area contributed by atoms with Gasteiger partial charge in [-0.15, -0.1) is 0 Å². The van der Waals surface area contributed by atoms with E-state index in [0.29, 0.717) is 0 Å². The van der Waals surface area contributed by atoms with E-state index in [2.05, 4.69) is 20.8 Å². The molecule has 0 fully saturated rings. The zero-order valence-electron chi connectivity index (χ0n) is 8.41. The smallest absolute Gasteiger partial charge is 0 e. The molecule has 0 heterocycles. The minimum atomic E-state index is 0. The fourth-order valence-corrected chi connectivity index (χ4v) is 0.803. The number of hydrogen-bond donors (Lipinski definition) is 0. The third-order valence-corrected chi connectivity index (χ3v) is 1.39. The second-order valence-corrected chi connectivity index (χ2v) is 2.89. The summed E-state index contributed by atoms with van der Waals surface area (Å²) in [5, 5.41) is 0. The molecule has 0 atom stereocenters. The molecule has 0 aliphatic heterocycles. The zero-order chi connectivity index (χ0) is 8.41. The predicted octanol–water partition coefficient (Wildman–Crippen LogP) is 4.49. The number of rotatable bonds is 4. The Morgan fingerprint density at radius 3 is 1.90 bits per heavy atom. The fourth-order valence-electron chi connectivity index (χ4n) is 0.803. The normalized spacial score (nSPS) is 9.00. The molecule has 0 saturated carbocycles. The highest BCUT2D eigenvalue weighted by atomic mass is 14.0. The molecular formula is C10H26. The van der Waals surface area contributed by atoms with Crippen molar-refractivity contribution < 1.29 is 1.43 Å². The highest BCUT2D eigenvalue weighted by Crippen LogP contribution is 2.06. The van der Waals surface area contributed by atoms with Crippen molar-refractivity contribution in [2.45, 2.75) is 60.3 Å². The maximum absolute atomic E-state index is 2.29. The highest BCUT2D eigenvalue weighted by Gasteiger charge is 1.90. The minimum absolute atomic E-state index is 0. The molecule has 0 nitrogen and oxygen atoms in total. The van der Waals surface area contributed by atoms with Crippen LogP contribution in [-0.4, -0.2) is 0 Å². The summed E-state index contributed by atoms with van der Waals surface area (Å²) in [7, 11) is 0. The number of hydrogen-bond acceptors (Lipinski definition) is 0. The Bertz CT molecular complexity index is 42.1. The van der Waals surface area contributed by atoms with Crippen LogP contribution in [0.4, 0.5) is 0 Å². The first-order valence-electron chi connectivity index (χ1n) is 4.77. The lowest BCUT2D eigenvalue weighted by Crippen LogP contribution is -1.85. The van der Waals surface area contributed by atoms with Crippen LogP contribution in [0, 0.1) is 5.92 Å². The van der Waals surface area contributed by atoms with E-state index in [4.69, 9.17) is 0 Å². The molecule has 0 rings (SSSR count). The van der Waals surface area contributed by atoms with Crippen molar-refractivity contribution in [1.82, 2.24) is 0 Å². The van der Waals surface area contributed by atoms with Crippen molar-refractivity contribution in [1.29, 1.82) is 0 Å². The van der Waals surface area contributed by atoms with Gasteiger partial charge in [-0.3, -0.25) is 0 Å². The second-order valence-electron chi connectivity index (χ2n) is 2.89. The summed E-state index contributed by atoms with van der Waals surface area (Å²) in [5.41, 5.74) is 0. The van der Waals surface area contributed by atoms with Crippen molar-refractivity contribution in [3.05, 3.63) is 0 Å². The Hall–Kier alpha value is 0. The lowest BCUT2D eigenvalue weighted by molar-refractivity contribution is 0.534. The van der Waals surface area contributed by atoms with E-state index in [1.54, 1.807) is 0 Å². The molecule has 0 heteroatoms. The molecule has 0 amide bonds. The minimum Gasteiger partial charge on any atom is -0.0683 e. The van der Waals surface area contributed by atoms with Crippen molar-refractivity contribution in [2.24, 2.45) is 5.92 Å². The molecule has 66 valence electrons. The molecule has 0 bridgehead atoms. The van der Waals surface area contributed by atoms with Crippen LogP contribution in [0.5, 0.6) is 0 Å². The standard InChI is InChI=1S/C8H18.C2H6.H2/c1-4-5-6-7-8(2)3;1-2;/h8H,4-7H2,1-3H3;1-2H3;1H. The average Bonchev–Trinajstić information content (AvgIpc) is 1.92. The molecule has 0 radical (unpaired) electrons. The van der Waals surface area contributed by atoms with Crippen LogP contribution >= 0.6 is 0 Å². The molecule has 0 unspecified atom stereocenters. The van der Waals surface area contributed by atoms with Crippen LogP contribution < -0.4 is 0 Å². The van der Waals surface area contributed by atoms with Crippen LogP contribution in [-0.2, 0) is 0 Å². The lowest BCUT2D eigenvalue weighted by Gasteiger charge is -2.00. The van der Waals surface area contributed by atoms with Gasteiger partial charge in [0.05, 0.1) is 0 Å². The van der Waals surface area contributed by atoms with Crippen molar-refractivity contribution in [2.75, 3.05) is 0 Å². The third kappa shape index (κ3) is 15.7. The Balaban J connectivity index is -0.000000196. The Morgan fingerprint density at radius 1 is 1.10 bits per heavy atom. The number of unbranched alkanes of at least 4 members (excludes halogenated alkanes) is 2. The van der Waals surface area contributed by atoms with Gasteiger partial charge in [0.1, 0.15) is 0 Å². The summed E-state index contributed by atoms with van der Waals surface area (Å²) in [5.74, 6) is 0.904. The molecule has 10 heavy (non-hydrogen) atoms. The summed E-state index contributed by atoms with van der Waals surface area (Å²) in [6.07, 6.45) is 5.60. The molecule has 0 saturated heterocycles. The van der Waals surface area contributed by atoms with E-state index >= 15 is 0 Å². The van der Waals surface area contributed by atoms with Gasteiger partial charge in [-0.1, -0.05) is 60.3 Å². The van der Waals surface area contributed by atoms with Gasteiger partial charge < -0.3 is 0 Å². The van der Waals surface area contributed by atoms with E-state index in [-0.39, 0.29) is 1.43 Å². The molecule has 0 aliphatic carbocycles. The van der Waals surface area contributed by atoms with E-state index in [0.717, 1.165) is 5.92 Å². The summed E-state index contributed by atoms with van der Waals surface area (Å²) >= 11 is 0. The van der Waals surface area contributed by atoms with Crippen LogP contribution in [0.15, 0.2) is 0 Å². The molecule has 0 aliphatic rings. The maximum Gasteiger partial charge on any atom is 0 e. The zero-order valence-corrected chi connectivity index (χ0v) is 8.41. The van der Waals surface area contributed by atoms with Crippen molar-refractivity contribution in [3.8, 4) is 0 Å². The second kappa shape index (κ2) is 11.8. The molecule has 0 spiro atoms. The molecular weight excluding hydrogens is 120 g/mol. The summed E-state index contributed by atoms with van der Waals surface area (Å²) < 4.78 is 0. The average molecular weight is 146 g/mol. The lowest BCUT2D eigenvalue weighted by atomic mass is 10.1. The third-order valence-electron chi connectivity index (χ3n) is 1.39. The Morgan fingerprint density at radius 2 is 1.60 bits per heavy atom. The van der Waals surface area contributed by atoms with E-state index in [1.807, 2.05) is 13.8 Å². The van der Waals surface area contributed by atoms with Gasteiger partial charge >= 0.3 is 0 Å². The van der Waals surface area contributed by atoms with Gasteiger partial charge in [-0.05, 0) is 5.92 Å². The molecule has 0 aromatic rings. The summed E-state index contributed by atoms with van der Waals surface area (Å²) in [6.45, 7) is 10.8. The van der Waals surface area contributed by atoms with E-state index in [1.165, 1.54) is 25.7 Å². The Labute approximate surface area is 68.5 Å². The van der Waals surface area contributed by atoms with Crippen molar-refractivity contribution in [3.63, 3.8) is 0 Å². The van der Waals surface area contributed by atoms with Gasteiger partial charge in [0, 0.05) is 1.43 Å². The predicted molar refractivity (Wildman–Crippen MR) is 52.4 cm³/mol. The van der Waals surface area contributed by atoms with Crippen LogP contribution in [0.1, 0.15) is 61.7 Å². The van der Waals surface area contributed by atoms with Gasteiger partial charge in [-0.25, -0.2) is 0 Å². The first-order valence-corrected chi connectivity index (χ1v) is 4.77. The van der Waals surface area contributed by atoms with Crippen LogP contribution in [0.25, 0.3) is 0 Å². The van der Waals surface area contributed by atoms with Crippen molar-refractivity contribution >= 4 is 0 Å². The highest BCUT2D eigenvalue weighted by molar-refractivity contribution is 4.44. The first-order chi connectivity index (χ1) is 4.77. The van der Waals surface area contributed by atoms with Gasteiger partial charge in [0.25, 0.3) is 0 Å². The first kappa shape index (κ1) is 12.7. The van der Waals surface area contributed by atoms with Gasteiger partial charge in [0.15, 0.2) is 0 Å². The van der Waals surface area contributed by atoms with E-state index in [9.17, 15) is 0 Å². The van der Waals surface area contributed by atoms with Crippen LogP contribution in [0.3, 0.4) is 0 Å². The topological polar surface area (TPSA) is 0 Å².